The van der Waals surface area contributed by atoms with Crippen molar-refractivity contribution < 1.29 is 0 Å². The van der Waals surface area contributed by atoms with Crippen molar-refractivity contribution in [1.82, 2.24) is 0 Å². The Morgan fingerprint density at radius 1 is 1.33 bits per heavy atom. The van der Waals surface area contributed by atoms with Crippen LogP contribution in [0.25, 0.3) is 0 Å². The molecule has 18 heavy (non-hydrogen) atoms. The van der Waals surface area contributed by atoms with Crippen molar-refractivity contribution in [3.05, 3.63) is 54.1 Å². The van der Waals surface area contributed by atoms with Crippen LogP contribution in [0, 0.1) is 5.92 Å². The zero-order valence-electron chi connectivity index (χ0n) is 11.1. The molecule has 96 valence electrons. The first-order valence-corrected chi connectivity index (χ1v) is 7.66. The van der Waals surface area contributed by atoms with E-state index in [9.17, 15) is 0 Å². The maximum absolute atomic E-state index is 3.64. The lowest BCUT2D eigenvalue weighted by Gasteiger charge is -2.27. The van der Waals surface area contributed by atoms with Crippen LogP contribution < -0.4 is 5.32 Å². The molecule has 2 atom stereocenters. The molecule has 1 N–H and O–H groups in total. The van der Waals surface area contributed by atoms with Crippen LogP contribution in [0.15, 0.2) is 54.1 Å². The van der Waals surface area contributed by atoms with Crippen LogP contribution >= 0.6 is 11.8 Å². The molecule has 0 amide bonds. The predicted molar refractivity (Wildman–Crippen MR) is 83.0 cm³/mol. The van der Waals surface area contributed by atoms with Crippen molar-refractivity contribution in [1.29, 1.82) is 0 Å². The summed E-state index contributed by atoms with van der Waals surface area (Å²) < 4.78 is 0. The fourth-order valence-electron chi connectivity index (χ4n) is 2.18. The Hall–Kier alpha value is -1.15. The molecule has 1 aromatic rings. The summed E-state index contributed by atoms with van der Waals surface area (Å²) in [6.45, 7) is 4.53. The molecule has 0 saturated carbocycles. The largest absolute Gasteiger partial charge is 0.370 e. The van der Waals surface area contributed by atoms with E-state index in [1.54, 1.807) is 0 Å². The Morgan fingerprint density at radius 2 is 2.11 bits per heavy atom. The molecule has 0 aromatic heterocycles. The maximum Gasteiger partial charge on any atom is 0.0944 e. The third-order valence-corrected chi connectivity index (χ3v) is 4.25. The van der Waals surface area contributed by atoms with Crippen LogP contribution in [0.5, 0.6) is 0 Å². The Bertz CT molecular complexity index is 422. The van der Waals surface area contributed by atoms with E-state index < -0.39 is 0 Å². The third kappa shape index (κ3) is 3.42. The van der Waals surface area contributed by atoms with Gasteiger partial charge in [0.25, 0.3) is 0 Å². The fourth-order valence-corrected chi connectivity index (χ4v) is 3.24. The van der Waals surface area contributed by atoms with Crippen LogP contribution in [-0.2, 0) is 0 Å². The summed E-state index contributed by atoms with van der Waals surface area (Å²) in [5.41, 5.74) is 2.71. The average Bonchev–Trinajstić information content (AvgIpc) is 2.40. The molecule has 2 unspecified atom stereocenters. The van der Waals surface area contributed by atoms with Crippen molar-refractivity contribution in [2.75, 3.05) is 11.1 Å². The van der Waals surface area contributed by atoms with E-state index in [4.69, 9.17) is 0 Å². The van der Waals surface area contributed by atoms with Crippen molar-refractivity contribution in [3.63, 3.8) is 0 Å². The van der Waals surface area contributed by atoms with E-state index >= 15 is 0 Å². The molecule has 0 radical (unpaired) electrons. The molecule has 0 aliphatic heterocycles. The first kappa shape index (κ1) is 13.3. The second-order valence-corrected chi connectivity index (χ2v) is 5.96. The topological polar surface area (TPSA) is 12.0 Å². The fraction of sp³-hybridized carbons (Fsp3) is 0.375. The minimum absolute atomic E-state index is 0.386. The number of para-hydroxylation sites is 1. The standard InChI is InChI=1S/C16H21NS/c1-3-18-16(15-12-8-7-9-13(15)2)17-14-10-5-4-6-11-14/h4-8,10-13,16-17H,3,9H2,1-2H3. The zero-order valence-corrected chi connectivity index (χ0v) is 11.9. The highest BCUT2D eigenvalue weighted by Crippen LogP contribution is 2.30. The van der Waals surface area contributed by atoms with E-state index in [1.807, 2.05) is 11.8 Å². The van der Waals surface area contributed by atoms with Crippen LogP contribution in [0.2, 0.25) is 0 Å². The zero-order chi connectivity index (χ0) is 12.8. The SMILES string of the molecule is CCSC(Nc1ccccc1)C1=CC=CCC1C. The van der Waals surface area contributed by atoms with Gasteiger partial charge < -0.3 is 5.32 Å². The van der Waals surface area contributed by atoms with E-state index in [0.717, 1.165) is 12.2 Å². The third-order valence-electron chi connectivity index (χ3n) is 3.19. The molecule has 2 heteroatoms. The number of benzene rings is 1. The molecule has 0 heterocycles. The highest BCUT2D eigenvalue weighted by atomic mass is 32.2. The highest BCUT2D eigenvalue weighted by Gasteiger charge is 2.20. The van der Waals surface area contributed by atoms with Gasteiger partial charge in [-0.3, -0.25) is 0 Å². The summed E-state index contributed by atoms with van der Waals surface area (Å²) in [6.07, 6.45) is 7.87. The normalized spacial score (nSPS) is 20.3. The molecule has 0 fully saturated rings. The Balaban J connectivity index is 2.13. The first-order valence-electron chi connectivity index (χ1n) is 6.61. The molecule has 1 aliphatic rings. The van der Waals surface area contributed by atoms with E-state index in [1.165, 1.54) is 11.3 Å². The number of allylic oxidation sites excluding steroid dienone is 3. The number of rotatable bonds is 5. The van der Waals surface area contributed by atoms with Crippen LogP contribution in [0.4, 0.5) is 5.69 Å². The van der Waals surface area contributed by atoms with Gasteiger partial charge in [-0.15, -0.1) is 11.8 Å². The van der Waals surface area contributed by atoms with E-state index in [-0.39, 0.29) is 0 Å². The number of anilines is 1. The quantitative estimate of drug-likeness (QED) is 0.769. The van der Waals surface area contributed by atoms with Gasteiger partial charge in [0.05, 0.1) is 5.37 Å². The van der Waals surface area contributed by atoms with Crippen molar-refractivity contribution in [2.45, 2.75) is 25.6 Å². The second kappa shape index (κ2) is 6.69. The van der Waals surface area contributed by atoms with Crippen LogP contribution in [-0.4, -0.2) is 11.1 Å². The van der Waals surface area contributed by atoms with Gasteiger partial charge in [-0.1, -0.05) is 50.3 Å². The molecular weight excluding hydrogens is 238 g/mol. The summed E-state index contributed by atoms with van der Waals surface area (Å²) in [6, 6.07) is 10.5. The average molecular weight is 259 g/mol. The molecule has 2 rings (SSSR count). The van der Waals surface area contributed by atoms with Gasteiger partial charge in [-0.2, -0.15) is 0 Å². The van der Waals surface area contributed by atoms with Gasteiger partial charge in [0, 0.05) is 5.69 Å². The molecule has 0 bridgehead atoms. The minimum atomic E-state index is 0.386. The Kier molecular flexibility index (Phi) is 4.94. The highest BCUT2D eigenvalue weighted by molar-refractivity contribution is 8.00. The lowest BCUT2D eigenvalue weighted by molar-refractivity contribution is 0.667. The molecule has 1 aliphatic carbocycles. The number of thioether (sulfide) groups is 1. The predicted octanol–water partition coefficient (Wildman–Crippen LogP) is 4.70. The summed E-state index contributed by atoms with van der Waals surface area (Å²) in [4.78, 5) is 0. The first-order chi connectivity index (χ1) is 8.81. The molecule has 0 spiro atoms. The molecule has 1 nitrogen and oxygen atoms in total. The van der Waals surface area contributed by atoms with Gasteiger partial charge in [-0.05, 0) is 35.8 Å². The van der Waals surface area contributed by atoms with Crippen molar-refractivity contribution in [2.24, 2.45) is 5.92 Å². The van der Waals surface area contributed by atoms with Gasteiger partial charge >= 0.3 is 0 Å². The van der Waals surface area contributed by atoms with Crippen LogP contribution in [0.1, 0.15) is 20.3 Å². The molecular formula is C16H21NS. The number of hydrogen-bond donors (Lipinski definition) is 1. The number of nitrogens with one attached hydrogen (secondary N) is 1. The smallest absolute Gasteiger partial charge is 0.0944 e. The Labute approximate surface area is 114 Å². The van der Waals surface area contributed by atoms with Crippen molar-refractivity contribution >= 4 is 17.4 Å². The summed E-state index contributed by atoms with van der Waals surface area (Å²) in [5.74, 6) is 1.76. The van der Waals surface area contributed by atoms with Gasteiger partial charge in [0.1, 0.15) is 0 Å². The van der Waals surface area contributed by atoms with Gasteiger partial charge in [-0.25, -0.2) is 0 Å². The van der Waals surface area contributed by atoms with Gasteiger partial charge in [0.15, 0.2) is 0 Å². The summed E-state index contributed by atoms with van der Waals surface area (Å²) in [5, 5.41) is 4.03. The Morgan fingerprint density at radius 3 is 2.78 bits per heavy atom. The minimum Gasteiger partial charge on any atom is -0.370 e. The monoisotopic (exact) mass is 259 g/mol. The van der Waals surface area contributed by atoms with E-state index in [0.29, 0.717) is 11.3 Å². The van der Waals surface area contributed by atoms with Crippen LogP contribution in [0.3, 0.4) is 0 Å². The molecule has 0 saturated heterocycles. The van der Waals surface area contributed by atoms with E-state index in [2.05, 4.69) is 67.7 Å². The summed E-state index contributed by atoms with van der Waals surface area (Å²) >= 11 is 1.97. The maximum atomic E-state index is 3.64. The van der Waals surface area contributed by atoms with Crippen molar-refractivity contribution in [3.8, 4) is 0 Å². The lowest BCUT2D eigenvalue weighted by Crippen LogP contribution is -2.23. The number of hydrogen-bond acceptors (Lipinski definition) is 2. The second-order valence-electron chi connectivity index (χ2n) is 4.58. The van der Waals surface area contributed by atoms with Gasteiger partial charge in [0.2, 0.25) is 0 Å². The molecule has 1 aromatic carbocycles. The lowest BCUT2D eigenvalue weighted by atomic mass is 9.93. The summed E-state index contributed by atoms with van der Waals surface area (Å²) in [7, 11) is 0.